The van der Waals surface area contributed by atoms with Gasteiger partial charge < -0.3 is 0 Å². The average molecular weight is 387 g/mol. The Bertz CT molecular complexity index is 900. The number of nitrogens with zero attached hydrogens (tertiary/aromatic N) is 5. The lowest BCUT2D eigenvalue weighted by molar-refractivity contribution is -0.137. The van der Waals surface area contributed by atoms with E-state index in [1.165, 1.54) is 12.1 Å². The Hall–Kier alpha value is -2.74. The fourth-order valence-corrected chi connectivity index (χ4v) is 3.65. The molecule has 0 amide bonds. The zero-order chi connectivity index (χ0) is 19.6. The van der Waals surface area contributed by atoms with Crippen molar-refractivity contribution < 1.29 is 13.2 Å². The van der Waals surface area contributed by atoms with Crippen LogP contribution in [0.3, 0.4) is 0 Å². The van der Waals surface area contributed by atoms with E-state index >= 15 is 0 Å². The highest BCUT2D eigenvalue weighted by Crippen LogP contribution is 2.34. The number of tetrazole rings is 1. The second kappa shape index (κ2) is 7.71. The molecular weight excluding hydrogens is 367 g/mol. The summed E-state index contributed by atoms with van der Waals surface area (Å²) in [4.78, 5) is 2.23. The number of alkyl halides is 3. The van der Waals surface area contributed by atoms with Gasteiger partial charge in [0.2, 0.25) is 0 Å². The van der Waals surface area contributed by atoms with Gasteiger partial charge in [0.05, 0.1) is 18.2 Å². The first kappa shape index (κ1) is 18.6. The predicted octanol–water partition coefficient (Wildman–Crippen LogP) is 3.93. The van der Waals surface area contributed by atoms with Crippen LogP contribution in [0.1, 0.15) is 41.4 Å². The summed E-state index contributed by atoms with van der Waals surface area (Å²) in [7, 11) is 0. The number of halogens is 3. The van der Waals surface area contributed by atoms with Crippen molar-refractivity contribution in [2.24, 2.45) is 0 Å². The van der Waals surface area contributed by atoms with Gasteiger partial charge in [0, 0.05) is 0 Å². The third-order valence-corrected chi connectivity index (χ3v) is 5.04. The normalized spacial score (nSPS) is 16.4. The molecule has 1 aromatic heterocycles. The largest absolute Gasteiger partial charge is 0.416 e. The van der Waals surface area contributed by atoms with Gasteiger partial charge >= 0.3 is 6.18 Å². The van der Waals surface area contributed by atoms with E-state index in [0.29, 0.717) is 12.4 Å². The summed E-state index contributed by atoms with van der Waals surface area (Å²) in [6.07, 6.45) is -2.24. The van der Waals surface area contributed by atoms with E-state index in [1.807, 2.05) is 30.3 Å². The van der Waals surface area contributed by atoms with Crippen LogP contribution in [0.5, 0.6) is 0 Å². The molecule has 1 fully saturated rings. The van der Waals surface area contributed by atoms with Crippen molar-refractivity contribution in [1.82, 2.24) is 25.1 Å². The van der Waals surface area contributed by atoms with Crippen LogP contribution < -0.4 is 0 Å². The number of rotatable bonds is 5. The fourth-order valence-electron chi connectivity index (χ4n) is 3.65. The van der Waals surface area contributed by atoms with Crippen LogP contribution in [0, 0.1) is 0 Å². The molecule has 5 nitrogen and oxygen atoms in total. The van der Waals surface area contributed by atoms with Gasteiger partial charge in [-0.1, -0.05) is 42.5 Å². The number of benzene rings is 2. The van der Waals surface area contributed by atoms with Gasteiger partial charge in [0.25, 0.3) is 0 Å². The number of hydrogen-bond acceptors (Lipinski definition) is 4. The highest BCUT2D eigenvalue weighted by Gasteiger charge is 2.33. The van der Waals surface area contributed by atoms with Crippen molar-refractivity contribution in [3.63, 3.8) is 0 Å². The second-order valence-electron chi connectivity index (χ2n) is 6.95. The molecule has 1 aliphatic heterocycles. The molecule has 0 N–H and O–H groups in total. The van der Waals surface area contributed by atoms with Crippen LogP contribution in [0.4, 0.5) is 13.2 Å². The Kier molecular flexibility index (Phi) is 5.13. The maximum Gasteiger partial charge on any atom is 0.416 e. The third kappa shape index (κ3) is 3.91. The Morgan fingerprint density at radius 1 is 0.929 bits per heavy atom. The molecule has 0 aliphatic carbocycles. The summed E-state index contributed by atoms with van der Waals surface area (Å²) in [5.41, 5.74) is 1.17. The maximum absolute atomic E-state index is 13.0. The van der Waals surface area contributed by atoms with E-state index in [-0.39, 0.29) is 6.04 Å². The number of aromatic nitrogens is 4. The van der Waals surface area contributed by atoms with Crippen molar-refractivity contribution in [3.8, 4) is 0 Å². The van der Waals surface area contributed by atoms with Crippen LogP contribution in [-0.2, 0) is 12.7 Å². The molecule has 2 heterocycles. The van der Waals surface area contributed by atoms with Crippen molar-refractivity contribution in [3.05, 3.63) is 77.1 Å². The van der Waals surface area contributed by atoms with Gasteiger partial charge in [0.15, 0.2) is 5.82 Å². The van der Waals surface area contributed by atoms with Crippen LogP contribution in [0.2, 0.25) is 0 Å². The summed E-state index contributed by atoms with van der Waals surface area (Å²) in [6, 6.07) is 14.9. The van der Waals surface area contributed by atoms with E-state index in [4.69, 9.17) is 0 Å². The average Bonchev–Trinajstić information content (AvgIpc) is 3.36. The minimum atomic E-state index is -4.35. The zero-order valence-corrected chi connectivity index (χ0v) is 15.2. The van der Waals surface area contributed by atoms with E-state index < -0.39 is 11.7 Å². The monoisotopic (exact) mass is 387 g/mol. The molecule has 3 aromatic rings. The van der Waals surface area contributed by atoms with Gasteiger partial charge in [-0.15, -0.1) is 5.10 Å². The molecule has 2 aromatic carbocycles. The van der Waals surface area contributed by atoms with E-state index in [9.17, 15) is 13.2 Å². The van der Waals surface area contributed by atoms with E-state index in [1.54, 1.807) is 4.68 Å². The van der Waals surface area contributed by atoms with Crippen LogP contribution in [-0.4, -0.2) is 38.2 Å². The second-order valence-corrected chi connectivity index (χ2v) is 6.95. The van der Waals surface area contributed by atoms with Gasteiger partial charge in [-0.25, -0.2) is 4.68 Å². The SMILES string of the molecule is FC(F)(F)c1ccc(C(c2nnnn2Cc2ccccc2)N2CCCC2)cc1. The Morgan fingerprint density at radius 2 is 1.61 bits per heavy atom. The fraction of sp³-hybridized carbons (Fsp3) is 0.350. The lowest BCUT2D eigenvalue weighted by Gasteiger charge is -2.27. The van der Waals surface area contributed by atoms with E-state index in [2.05, 4.69) is 20.4 Å². The molecule has 0 spiro atoms. The topological polar surface area (TPSA) is 46.8 Å². The molecule has 1 atom stereocenters. The molecule has 4 rings (SSSR count). The van der Waals surface area contributed by atoms with Gasteiger partial charge in [0.1, 0.15) is 0 Å². The standard InChI is InChI=1S/C20H20F3N5/c21-20(22,23)17-10-8-16(9-11-17)18(27-12-4-5-13-27)19-24-25-26-28(19)14-15-6-2-1-3-7-15/h1-3,6-11,18H,4-5,12-14H2. The lowest BCUT2D eigenvalue weighted by Crippen LogP contribution is -2.29. The first-order valence-corrected chi connectivity index (χ1v) is 9.23. The minimum absolute atomic E-state index is 0.275. The minimum Gasteiger partial charge on any atom is -0.290 e. The lowest BCUT2D eigenvalue weighted by atomic mass is 10.0. The third-order valence-electron chi connectivity index (χ3n) is 5.04. The van der Waals surface area contributed by atoms with Crippen LogP contribution in [0.15, 0.2) is 54.6 Å². The van der Waals surface area contributed by atoms with E-state index in [0.717, 1.165) is 49.2 Å². The summed E-state index contributed by atoms with van der Waals surface area (Å²) in [6.45, 7) is 2.24. The molecule has 1 saturated heterocycles. The molecule has 1 unspecified atom stereocenters. The smallest absolute Gasteiger partial charge is 0.290 e. The Labute approximate surface area is 160 Å². The van der Waals surface area contributed by atoms with Gasteiger partial charge in [-0.2, -0.15) is 13.2 Å². The van der Waals surface area contributed by atoms with Crippen molar-refractivity contribution >= 4 is 0 Å². The summed E-state index contributed by atoms with van der Waals surface area (Å²) in [5, 5.41) is 12.2. The molecule has 0 saturated carbocycles. The highest BCUT2D eigenvalue weighted by molar-refractivity contribution is 5.30. The summed E-state index contributed by atoms with van der Waals surface area (Å²) in [5.74, 6) is 0.644. The maximum atomic E-state index is 13.0. The van der Waals surface area contributed by atoms with Crippen LogP contribution >= 0.6 is 0 Å². The Morgan fingerprint density at radius 3 is 2.25 bits per heavy atom. The Balaban J connectivity index is 1.69. The molecule has 1 aliphatic rings. The van der Waals surface area contributed by atoms with Crippen molar-refractivity contribution in [2.75, 3.05) is 13.1 Å². The first-order chi connectivity index (χ1) is 13.5. The molecule has 0 bridgehead atoms. The summed E-state index contributed by atoms with van der Waals surface area (Å²) >= 11 is 0. The van der Waals surface area contributed by atoms with Gasteiger partial charge in [-0.3, -0.25) is 4.90 Å². The molecule has 8 heteroatoms. The zero-order valence-electron chi connectivity index (χ0n) is 15.2. The number of hydrogen-bond donors (Lipinski definition) is 0. The predicted molar refractivity (Wildman–Crippen MR) is 97.5 cm³/mol. The first-order valence-electron chi connectivity index (χ1n) is 9.23. The molecule has 28 heavy (non-hydrogen) atoms. The summed E-state index contributed by atoms with van der Waals surface area (Å²) < 4.78 is 40.6. The van der Waals surface area contributed by atoms with Crippen LogP contribution in [0.25, 0.3) is 0 Å². The van der Waals surface area contributed by atoms with Crippen molar-refractivity contribution in [1.29, 1.82) is 0 Å². The highest BCUT2D eigenvalue weighted by atomic mass is 19.4. The van der Waals surface area contributed by atoms with Crippen molar-refractivity contribution in [2.45, 2.75) is 31.6 Å². The number of likely N-dealkylation sites (tertiary alicyclic amines) is 1. The van der Waals surface area contributed by atoms with Gasteiger partial charge in [-0.05, 0) is 59.6 Å². The molecule has 146 valence electrons. The molecular formula is C20H20F3N5. The quantitative estimate of drug-likeness (QED) is 0.666. The molecule has 0 radical (unpaired) electrons.